The summed E-state index contributed by atoms with van der Waals surface area (Å²) in [7, 11) is 3.96. The number of anilines is 1. The molecule has 2 N–H and O–H groups in total. The second-order valence-corrected chi connectivity index (χ2v) is 9.53. The van der Waals surface area contributed by atoms with Crippen molar-refractivity contribution in [1.82, 2.24) is 9.80 Å². The van der Waals surface area contributed by atoms with E-state index >= 15 is 0 Å². The van der Waals surface area contributed by atoms with E-state index in [-0.39, 0.29) is 0 Å². The lowest BCUT2D eigenvalue weighted by Crippen LogP contribution is -2.43. The molecule has 0 aromatic heterocycles. The van der Waals surface area contributed by atoms with E-state index in [0.29, 0.717) is 12.6 Å². The van der Waals surface area contributed by atoms with Crippen molar-refractivity contribution in [3.63, 3.8) is 0 Å². The summed E-state index contributed by atoms with van der Waals surface area (Å²) in [6.07, 6.45) is 6.73. The van der Waals surface area contributed by atoms with Crippen molar-refractivity contribution in [3.8, 4) is 0 Å². The van der Waals surface area contributed by atoms with Crippen LogP contribution in [0.4, 0.5) is 5.69 Å². The maximum atomic E-state index is 10.8. The zero-order chi connectivity index (χ0) is 19.7. The fourth-order valence-corrected chi connectivity index (χ4v) is 5.81. The predicted molar refractivity (Wildman–Crippen MR) is 114 cm³/mol. The Kier molecular flexibility index (Phi) is 5.98. The zero-order valence-corrected chi connectivity index (χ0v) is 17.7. The number of likely N-dealkylation sites (tertiary alicyclic amines) is 1. The van der Waals surface area contributed by atoms with Crippen LogP contribution < -0.4 is 5.32 Å². The molecule has 5 atom stereocenters. The van der Waals surface area contributed by atoms with Gasteiger partial charge in [0.1, 0.15) is 5.60 Å². The molecule has 0 unspecified atom stereocenters. The Labute approximate surface area is 170 Å². The topological polar surface area (TPSA) is 48.0 Å². The van der Waals surface area contributed by atoms with Gasteiger partial charge in [0.05, 0.1) is 6.61 Å². The number of fused-ring (bicyclic) bond motifs is 2. The molecule has 0 amide bonds. The van der Waals surface area contributed by atoms with Crippen molar-refractivity contribution >= 4 is 5.69 Å². The fourth-order valence-electron chi connectivity index (χ4n) is 5.81. The maximum absolute atomic E-state index is 10.8. The highest BCUT2D eigenvalue weighted by Crippen LogP contribution is 2.38. The van der Waals surface area contributed by atoms with E-state index in [4.69, 9.17) is 4.74 Å². The first-order valence-corrected chi connectivity index (χ1v) is 11.0. The van der Waals surface area contributed by atoms with Gasteiger partial charge in [-0.1, -0.05) is 18.2 Å². The first kappa shape index (κ1) is 20.1. The van der Waals surface area contributed by atoms with E-state index in [1.54, 1.807) is 7.11 Å². The molecule has 0 spiro atoms. The van der Waals surface area contributed by atoms with Crippen LogP contribution in [0.15, 0.2) is 24.3 Å². The summed E-state index contributed by atoms with van der Waals surface area (Å²) in [6.45, 7) is 5.65. The molecule has 0 saturated carbocycles. The first-order chi connectivity index (χ1) is 13.5. The van der Waals surface area contributed by atoms with Crippen molar-refractivity contribution in [1.29, 1.82) is 0 Å². The molecule has 28 heavy (non-hydrogen) atoms. The van der Waals surface area contributed by atoms with Crippen LogP contribution in [0, 0.1) is 5.92 Å². The molecule has 1 aromatic carbocycles. The van der Waals surface area contributed by atoms with Crippen molar-refractivity contribution in [2.75, 3.05) is 45.7 Å². The number of hydrogen-bond donors (Lipinski definition) is 2. The second kappa shape index (κ2) is 8.31. The van der Waals surface area contributed by atoms with Gasteiger partial charge in [-0.3, -0.25) is 0 Å². The van der Waals surface area contributed by atoms with Gasteiger partial charge in [-0.2, -0.15) is 0 Å². The Morgan fingerprint density at radius 2 is 1.89 bits per heavy atom. The number of nitrogens with one attached hydrogen (secondary N) is 1. The maximum Gasteiger partial charge on any atom is 0.112 e. The van der Waals surface area contributed by atoms with Gasteiger partial charge < -0.3 is 25.0 Å². The third kappa shape index (κ3) is 4.23. The zero-order valence-electron chi connectivity index (χ0n) is 17.7. The molecule has 1 aromatic rings. The third-order valence-electron chi connectivity index (χ3n) is 7.28. The number of methoxy groups -OCH3 is 1. The Hall–Kier alpha value is -1.14. The van der Waals surface area contributed by atoms with E-state index < -0.39 is 5.60 Å². The average Bonchev–Trinajstić information content (AvgIpc) is 3.15. The van der Waals surface area contributed by atoms with Gasteiger partial charge in [-0.25, -0.2) is 0 Å². The molecule has 3 heterocycles. The third-order valence-corrected chi connectivity index (χ3v) is 7.28. The molecule has 5 nitrogen and oxygen atoms in total. The smallest absolute Gasteiger partial charge is 0.112 e. The number of rotatable bonds is 7. The largest absolute Gasteiger partial charge is 0.383 e. The minimum absolute atomic E-state index is 0.293. The van der Waals surface area contributed by atoms with E-state index in [0.717, 1.165) is 35.8 Å². The van der Waals surface area contributed by atoms with Crippen LogP contribution >= 0.6 is 0 Å². The predicted octanol–water partition coefficient (Wildman–Crippen LogP) is 2.90. The number of benzene rings is 1. The summed E-state index contributed by atoms with van der Waals surface area (Å²) in [5.41, 5.74) is 0.972. The highest BCUT2D eigenvalue weighted by Gasteiger charge is 2.39. The van der Waals surface area contributed by atoms with Crippen molar-refractivity contribution in [2.24, 2.45) is 5.92 Å². The molecule has 3 saturated heterocycles. The van der Waals surface area contributed by atoms with Gasteiger partial charge in [0, 0.05) is 56.1 Å². The Morgan fingerprint density at radius 3 is 2.61 bits per heavy atom. The number of hydrogen-bond acceptors (Lipinski definition) is 5. The molecular weight excluding hydrogens is 350 g/mol. The lowest BCUT2D eigenvalue weighted by Gasteiger charge is -2.37. The van der Waals surface area contributed by atoms with Crippen molar-refractivity contribution < 1.29 is 9.84 Å². The van der Waals surface area contributed by atoms with Crippen LogP contribution in [0.5, 0.6) is 0 Å². The first-order valence-electron chi connectivity index (χ1n) is 11.0. The monoisotopic (exact) mass is 387 g/mol. The van der Waals surface area contributed by atoms with E-state index in [2.05, 4.69) is 28.2 Å². The van der Waals surface area contributed by atoms with Gasteiger partial charge in [-0.05, 0) is 58.1 Å². The Bertz CT molecular complexity index is 651. The summed E-state index contributed by atoms with van der Waals surface area (Å²) in [4.78, 5) is 5.29. The molecule has 0 radical (unpaired) electrons. The molecule has 3 fully saturated rings. The molecule has 5 heteroatoms. The quantitative estimate of drug-likeness (QED) is 0.753. The summed E-state index contributed by atoms with van der Waals surface area (Å²) < 4.78 is 5.23. The lowest BCUT2D eigenvalue weighted by atomic mass is 9.91. The number of para-hydroxylation sites is 1. The lowest BCUT2D eigenvalue weighted by molar-refractivity contribution is -0.0203. The average molecular weight is 388 g/mol. The highest BCUT2D eigenvalue weighted by atomic mass is 16.5. The van der Waals surface area contributed by atoms with E-state index in [1.165, 1.54) is 45.2 Å². The van der Waals surface area contributed by atoms with Crippen LogP contribution in [-0.2, 0) is 10.3 Å². The molecule has 2 bridgehead atoms. The van der Waals surface area contributed by atoms with Crippen LogP contribution in [0.1, 0.15) is 44.6 Å². The van der Waals surface area contributed by atoms with Gasteiger partial charge in [0.2, 0.25) is 0 Å². The number of aliphatic hydroxyl groups is 1. The molecule has 0 aliphatic carbocycles. The number of nitrogens with zero attached hydrogens (tertiary/aromatic N) is 2. The Balaban J connectivity index is 1.33. The van der Waals surface area contributed by atoms with Crippen LogP contribution in [-0.4, -0.2) is 73.4 Å². The summed E-state index contributed by atoms with van der Waals surface area (Å²) >= 11 is 0. The van der Waals surface area contributed by atoms with Crippen LogP contribution in [0.25, 0.3) is 0 Å². The molecule has 4 rings (SSSR count). The number of ether oxygens (including phenoxy) is 1. The highest BCUT2D eigenvalue weighted by molar-refractivity contribution is 5.54. The molecule has 156 valence electrons. The van der Waals surface area contributed by atoms with E-state index in [1.807, 2.05) is 25.1 Å². The fraction of sp³-hybridized carbons (Fsp3) is 0.739. The van der Waals surface area contributed by atoms with Crippen LogP contribution in [0.3, 0.4) is 0 Å². The summed E-state index contributed by atoms with van der Waals surface area (Å²) in [5.74, 6) is 0.863. The van der Waals surface area contributed by atoms with Gasteiger partial charge >= 0.3 is 0 Å². The minimum Gasteiger partial charge on any atom is -0.383 e. The van der Waals surface area contributed by atoms with Crippen molar-refractivity contribution in [3.05, 3.63) is 29.8 Å². The standard InChI is InChI=1S/C23H37N3O2/c1-23(27,16-28-3)21-6-4-5-7-22(21)24-18-10-11-26(15-18)14-17-12-19-8-9-20(13-17)25(19)2/h4-7,17-20,24,27H,8-16H2,1-3H3/t17-,18-,19-,20+,23-/m0/s1. The van der Waals surface area contributed by atoms with Gasteiger partial charge in [0.25, 0.3) is 0 Å². The SMILES string of the molecule is COC[C@](C)(O)c1ccccc1N[C@H]1CCN(C[C@@H]2C[C@H]3CC[C@@H](C2)N3C)C1. The summed E-state index contributed by atoms with van der Waals surface area (Å²) in [5, 5.41) is 14.5. The molecular formula is C23H37N3O2. The second-order valence-electron chi connectivity index (χ2n) is 9.53. The van der Waals surface area contributed by atoms with Gasteiger partial charge in [0.15, 0.2) is 0 Å². The molecule has 3 aliphatic heterocycles. The molecule has 3 aliphatic rings. The normalized spacial score (nSPS) is 33.1. The van der Waals surface area contributed by atoms with Crippen molar-refractivity contribution in [2.45, 2.75) is 62.8 Å². The number of piperidine rings is 1. The van der Waals surface area contributed by atoms with Gasteiger partial charge in [-0.15, -0.1) is 0 Å². The Morgan fingerprint density at radius 1 is 1.18 bits per heavy atom. The van der Waals surface area contributed by atoms with E-state index in [9.17, 15) is 5.11 Å². The van der Waals surface area contributed by atoms with Crippen LogP contribution in [0.2, 0.25) is 0 Å². The summed E-state index contributed by atoms with van der Waals surface area (Å²) in [6, 6.07) is 10.2. The minimum atomic E-state index is -0.982.